The van der Waals surface area contributed by atoms with Gasteiger partial charge in [0.1, 0.15) is 0 Å². The first kappa shape index (κ1) is 14.9. The summed E-state index contributed by atoms with van der Waals surface area (Å²) in [6, 6.07) is 0. The van der Waals surface area contributed by atoms with Gasteiger partial charge in [0.2, 0.25) is 11.8 Å². The molecular formula is C12H24N2O2. The van der Waals surface area contributed by atoms with Crippen molar-refractivity contribution in [3.05, 3.63) is 0 Å². The molecule has 0 atom stereocenters. The monoisotopic (exact) mass is 228 g/mol. The van der Waals surface area contributed by atoms with E-state index in [0.29, 0.717) is 31.8 Å². The molecule has 0 unspecified atom stereocenters. The topological polar surface area (TPSA) is 58.2 Å². The zero-order valence-electron chi connectivity index (χ0n) is 10.6. The average Bonchev–Trinajstić information content (AvgIpc) is 2.20. The van der Waals surface area contributed by atoms with E-state index in [1.807, 2.05) is 13.8 Å². The molecule has 0 fully saturated rings. The first-order valence-corrected chi connectivity index (χ1v) is 6.09. The Morgan fingerprint density at radius 1 is 1.06 bits per heavy atom. The van der Waals surface area contributed by atoms with Crippen LogP contribution in [-0.4, -0.2) is 24.9 Å². The Balaban J connectivity index is 3.38. The number of carbonyl (C=O) groups excluding carboxylic acids is 2. The van der Waals surface area contributed by atoms with Crippen LogP contribution in [0.4, 0.5) is 0 Å². The van der Waals surface area contributed by atoms with Crippen molar-refractivity contribution >= 4 is 11.8 Å². The third-order valence-electron chi connectivity index (χ3n) is 2.12. The van der Waals surface area contributed by atoms with Gasteiger partial charge in [0, 0.05) is 25.9 Å². The molecule has 4 heteroatoms. The van der Waals surface area contributed by atoms with E-state index in [9.17, 15) is 9.59 Å². The second-order valence-electron chi connectivity index (χ2n) is 4.40. The maximum atomic E-state index is 11.2. The number of hydrogen-bond acceptors (Lipinski definition) is 2. The fraction of sp³-hybridized carbons (Fsp3) is 0.833. The summed E-state index contributed by atoms with van der Waals surface area (Å²) in [5, 5.41) is 5.54. The molecule has 0 radical (unpaired) electrons. The van der Waals surface area contributed by atoms with E-state index in [4.69, 9.17) is 0 Å². The van der Waals surface area contributed by atoms with Gasteiger partial charge in [0.25, 0.3) is 0 Å². The number of nitrogens with one attached hydrogen (secondary N) is 2. The lowest BCUT2D eigenvalue weighted by molar-refractivity contribution is -0.123. The standard InChI is InChI=1S/C12H24N2O2/c1-4-5-6-11(15)13-7-8-14-12(16)9-10(2)3/h10H,4-9H2,1-3H3,(H,13,15)(H,14,16). The Hall–Kier alpha value is -1.06. The van der Waals surface area contributed by atoms with Gasteiger partial charge in [-0.15, -0.1) is 0 Å². The van der Waals surface area contributed by atoms with E-state index < -0.39 is 0 Å². The van der Waals surface area contributed by atoms with Crippen molar-refractivity contribution in [2.45, 2.75) is 46.5 Å². The van der Waals surface area contributed by atoms with Gasteiger partial charge in [-0.2, -0.15) is 0 Å². The molecule has 0 bridgehead atoms. The summed E-state index contributed by atoms with van der Waals surface area (Å²) in [5.74, 6) is 0.497. The third kappa shape index (κ3) is 9.49. The Morgan fingerprint density at radius 2 is 1.62 bits per heavy atom. The van der Waals surface area contributed by atoms with Crippen LogP contribution in [-0.2, 0) is 9.59 Å². The molecule has 4 nitrogen and oxygen atoms in total. The van der Waals surface area contributed by atoms with Gasteiger partial charge in [-0.3, -0.25) is 9.59 Å². The maximum absolute atomic E-state index is 11.2. The second kappa shape index (κ2) is 9.19. The van der Waals surface area contributed by atoms with Crippen LogP contribution in [0, 0.1) is 5.92 Å². The molecule has 0 spiro atoms. The molecule has 0 aromatic carbocycles. The highest BCUT2D eigenvalue weighted by molar-refractivity contribution is 5.77. The van der Waals surface area contributed by atoms with E-state index >= 15 is 0 Å². The fourth-order valence-electron chi connectivity index (χ4n) is 1.27. The highest BCUT2D eigenvalue weighted by Gasteiger charge is 2.04. The SMILES string of the molecule is CCCCC(=O)NCCNC(=O)CC(C)C. The summed E-state index contributed by atoms with van der Waals surface area (Å²) >= 11 is 0. The number of carbonyl (C=O) groups is 2. The van der Waals surface area contributed by atoms with Crippen LogP contribution in [0.25, 0.3) is 0 Å². The lowest BCUT2D eigenvalue weighted by atomic mass is 10.1. The first-order chi connectivity index (χ1) is 7.56. The molecule has 0 rings (SSSR count). The lowest BCUT2D eigenvalue weighted by Crippen LogP contribution is -2.34. The van der Waals surface area contributed by atoms with Crippen LogP contribution < -0.4 is 10.6 Å². The zero-order chi connectivity index (χ0) is 12.4. The van der Waals surface area contributed by atoms with Crippen LogP contribution in [0.5, 0.6) is 0 Å². The van der Waals surface area contributed by atoms with E-state index in [1.54, 1.807) is 0 Å². The molecule has 0 saturated carbocycles. The number of unbranched alkanes of at least 4 members (excludes halogenated alkanes) is 1. The summed E-state index contributed by atoms with van der Waals surface area (Å²) in [6.45, 7) is 7.10. The summed E-state index contributed by atoms with van der Waals surface area (Å²) in [5.41, 5.74) is 0. The number of rotatable bonds is 8. The quantitative estimate of drug-likeness (QED) is 0.618. The third-order valence-corrected chi connectivity index (χ3v) is 2.12. The van der Waals surface area contributed by atoms with Gasteiger partial charge in [0.15, 0.2) is 0 Å². The average molecular weight is 228 g/mol. The van der Waals surface area contributed by atoms with E-state index in [1.165, 1.54) is 0 Å². The highest BCUT2D eigenvalue weighted by Crippen LogP contribution is 1.97. The van der Waals surface area contributed by atoms with Gasteiger partial charge in [0.05, 0.1) is 0 Å². The van der Waals surface area contributed by atoms with Crippen LogP contribution in [0.3, 0.4) is 0 Å². The largest absolute Gasteiger partial charge is 0.354 e. The molecule has 0 aromatic rings. The van der Waals surface area contributed by atoms with Gasteiger partial charge in [-0.05, 0) is 12.3 Å². The Labute approximate surface area is 98.2 Å². The van der Waals surface area contributed by atoms with Gasteiger partial charge in [-0.1, -0.05) is 27.2 Å². The first-order valence-electron chi connectivity index (χ1n) is 6.09. The minimum absolute atomic E-state index is 0.0535. The summed E-state index contributed by atoms with van der Waals surface area (Å²) < 4.78 is 0. The number of amides is 2. The van der Waals surface area contributed by atoms with Gasteiger partial charge in [-0.25, -0.2) is 0 Å². The molecule has 0 heterocycles. The van der Waals surface area contributed by atoms with E-state index in [2.05, 4.69) is 17.6 Å². The van der Waals surface area contributed by atoms with Crippen molar-refractivity contribution in [2.75, 3.05) is 13.1 Å². The molecule has 0 aliphatic rings. The van der Waals surface area contributed by atoms with Crippen LogP contribution in [0.2, 0.25) is 0 Å². The lowest BCUT2D eigenvalue weighted by Gasteiger charge is -2.08. The van der Waals surface area contributed by atoms with Gasteiger partial charge >= 0.3 is 0 Å². The molecule has 94 valence electrons. The summed E-state index contributed by atoms with van der Waals surface area (Å²) in [4.78, 5) is 22.4. The van der Waals surface area contributed by atoms with Crippen LogP contribution >= 0.6 is 0 Å². The molecule has 0 aromatic heterocycles. The second-order valence-corrected chi connectivity index (χ2v) is 4.40. The molecule has 0 aliphatic carbocycles. The van der Waals surface area contributed by atoms with Crippen molar-refractivity contribution in [1.29, 1.82) is 0 Å². The van der Waals surface area contributed by atoms with Gasteiger partial charge < -0.3 is 10.6 Å². The molecule has 0 aliphatic heterocycles. The Morgan fingerprint density at radius 3 is 2.12 bits per heavy atom. The molecule has 16 heavy (non-hydrogen) atoms. The van der Waals surface area contributed by atoms with E-state index in [-0.39, 0.29) is 11.8 Å². The van der Waals surface area contributed by atoms with Crippen LogP contribution in [0.15, 0.2) is 0 Å². The fourth-order valence-corrected chi connectivity index (χ4v) is 1.27. The van der Waals surface area contributed by atoms with E-state index in [0.717, 1.165) is 12.8 Å². The minimum Gasteiger partial charge on any atom is -0.354 e. The summed E-state index contributed by atoms with van der Waals surface area (Å²) in [7, 11) is 0. The smallest absolute Gasteiger partial charge is 0.220 e. The highest BCUT2D eigenvalue weighted by atomic mass is 16.2. The van der Waals surface area contributed by atoms with Crippen molar-refractivity contribution in [2.24, 2.45) is 5.92 Å². The zero-order valence-corrected chi connectivity index (χ0v) is 10.6. The Bertz CT molecular complexity index is 215. The normalized spacial score (nSPS) is 10.2. The molecular weight excluding hydrogens is 204 g/mol. The van der Waals surface area contributed by atoms with Crippen molar-refractivity contribution < 1.29 is 9.59 Å². The maximum Gasteiger partial charge on any atom is 0.220 e. The van der Waals surface area contributed by atoms with Crippen molar-refractivity contribution in [3.8, 4) is 0 Å². The molecule has 0 saturated heterocycles. The Kier molecular flexibility index (Phi) is 8.58. The molecule has 2 N–H and O–H groups in total. The molecule has 2 amide bonds. The van der Waals surface area contributed by atoms with Crippen molar-refractivity contribution in [3.63, 3.8) is 0 Å². The van der Waals surface area contributed by atoms with Crippen LogP contribution in [0.1, 0.15) is 46.5 Å². The predicted molar refractivity (Wildman–Crippen MR) is 65.0 cm³/mol. The summed E-state index contributed by atoms with van der Waals surface area (Å²) in [6.07, 6.45) is 3.07. The minimum atomic E-state index is 0.0535. The predicted octanol–water partition coefficient (Wildman–Crippen LogP) is 1.46. The van der Waals surface area contributed by atoms with Crippen molar-refractivity contribution in [1.82, 2.24) is 10.6 Å². The number of hydrogen-bond donors (Lipinski definition) is 2.